The van der Waals surface area contributed by atoms with Crippen molar-refractivity contribution in [2.24, 2.45) is 5.41 Å². The highest BCUT2D eigenvalue weighted by molar-refractivity contribution is 6.12. The van der Waals surface area contributed by atoms with E-state index < -0.39 is 0 Å². The Labute approximate surface area is 182 Å². The Morgan fingerprint density at radius 2 is 1.84 bits per heavy atom. The van der Waals surface area contributed by atoms with Crippen LogP contribution in [-0.2, 0) is 4.79 Å². The molecule has 0 fully saturated rings. The monoisotopic (exact) mass is 408 g/mol. The SMILES string of the molecule is CC1(C)CC(=O)C2=C(C1)c1ccc3ccccc3c1NC2c1ccccc1OCC#N. The smallest absolute Gasteiger partial charge is 0.174 e. The maximum Gasteiger partial charge on any atom is 0.174 e. The number of rotatable bonds is 3. The van der Waals surface area contributed by atoms with Crippen molar-refractivity contribution in [1.29, 1.82) is 5.26 Å². The first-order valence-electron chi connectivity index (χ1n) is 10.6. The highest BCUT2D eigenvalue weighted by Gasteiger charge is 2.41. The fourth-order valence-electron chi connectivity index (χ4n) is 5.00. The van der Waals surface area contributed by atoms with Gasteiger partial charge in [-0.15, -0.1) is 0 Å². The zero-order valence-corrected chi connectivity index (χ0v) is 17.7. The van der Waals surface area contributed by atoms with Crippen molar-refractivity contribution in [3.8, 4) is 11.8 Å². The van der Waals surface area contributed by atoms with Crippen LogP contribution in [0.2, 0.25) is 0 Å². The number of para-hydroxylation sites is 1. The van der Waals surface area contributed by atoms with Crippen LogP contribution in [0.25, 0.3) is 16.3 Å². The second kappa shape index (κ2) is 7.28. The molecular formula is C27H24N2O2. The molecule has 4 heteroatoms. The third-order valence-electron chi connectivity index (χ3n) is 6.27. The second-order valence-corrected chi connectivity index (χ2v) is 9.10. The summed E-state index contributed by atoms with van der Waals surface area (Å²) in [4.78, 5) is 13.4. The molecule has 0 saturated carbocycles. The van der Waals surface area contributed by atoms with Gasteiger partial charge in [-0.1, -0.05) is 68.4 Å². The molecule has 1 unspecified atom stereocenters. The molecule has 0 saturated heterocycles. The summed E-state index contributed by atoms with van der Waals surface area (Å²) < 4.78 is 5.74. The molecule has 1 aliphatic carbocycles. The Hall–Kier alpha value is -3.58. The number of nitrogens with one attached hydrogen (secondary N) is 1. The molecule has 1 aliphatic heterocycles. The molecule has 2 aliphatic rings. The van der Waals surface area contributed by atoms with Gasteiger partial charge in [-0.05, 0) is 28.9 Å². The van der Waals surface area contributed by atoms with Gasteiger partial charge < -0.3 is 10.1 Å². The van der Waals surface area contributed by atoms with Crippen LogP contribution in [0, 0.1) is 16.7 Å². The van der Waals surface area contributed by atoms with Crippen LogP contribution in [0.1, 0.15) is 43.9 Å². The predicted octanol–water partition coefficient (Wildman–Crippen LogP) is 6.05. The van der Waals surface area contributed by atoms with E-state index in [0.717, 1.165) is 45.2 Å². The van der Waals surface area contributed by atoms with E-state index in [1.54, 1.807) is 0 Å². The minimum absolute atomic E-state index is 0.0316. The lowest BCUT2D eigenvalue weighted by molar-refractivity contribution is -0.118. The molecule has 0 radical (unpaired) electrons. The van der Waals surface area contributed by atoms with Crippen LogP contribution in [-0.4, -0.2) is 12.4 Å². The molecule has 1 N–H and O–H groups in total. The van der Waals surface area contributed by atoms with Crippen molar-refractivity contribution in [1.82, 2.24) is 0 Å². The molecule has 1 atom stereocenters. The van der Waals surface area contributed by atoms with Crippen molar-refractivity contribution >= 4 is 27.8 Å². The van der Waals surface area contributed by atoms with Crippen molar-refractivity contribution in [2.75, 3.05) is 11.9 Å². The van der Waals surface area contributed by atoms with Gasteiger partial charge in [0.2, 0.25) is 0 Å². The average molecular weight is 409 g/mol. The fraction of sp³-hybridized carbons (Fsp3) is 0.259. The van der Waals surface area contributed by atoms with Gasteiger partial charge in [0, 0.05) is 28.5 Å². The number of allylic oxidation sites excluding steroid dienone is 1. The Morgan fingerprint density at radius 1 is 1.06 bits per heavy atom. The van der Waals surface area contributed by atoms with Crippen LogP contribution in [0.5, 0.6) is 5.75 Å². The molecule has 0 spiro atoms. The summed E-state index contributed by atoms with van der Waals surface area (Å²) in [6.45, 7) is 4.29. The number of ether oxygens (including phenoxy) is 1. The lowest BCUT2D eigenvalue weighted by Gasteiger charge is -2.40. The maximum atomic E-state index is 13.4. The quantitative estimate of drug-likeness (QED) is 0.573. The van der Waals surface area contributed by atoms with E-state index >= 15 is 0 Å². The van der Waals surface area contributed by atoms with Gasteiger partial charge in [-0.2, -0.15) is 5.26 Å². The highest BCUT2D eigenvalue weighted by atomic mass is 16.5. The summed E-state index contributed by atoms with van der Waals surface area (Å²) >= 11 is 0. The van der Waals surface area contributed by atoms with Crippen molar-refractivity contribution in [3.05, 3.63) is 77.4 Å². The van der Waals surface area contributed by atoms with Gasteiger partial charge in [0.25, 0.3) is 0 Å². The number of nitrogens with zero attached hydrogens (tertiary/aromatic N) is 1. The number of hydrogen-bond acceptors (Lipinski definition) is 4. The minimum Gasteiger partial charge on any atom is -0.478 e. The third-order valence-corrected chi connectivity index (χ3v) is 6.27. The number of carbonyl (C=O) groups excluding carboxylic acids is 1. The minimum atomic E-state index is -0.313. The van der Waals surface area contributed by atoms with E-state index in [1.807, 2.05) is 42.5 Å². The molecule has 4 nitrogen and oxygen atoms in total. The summed E-state index contributed by atoms with van der Waals surface area (Å²) in [5, 5.41) is 15.0. The first kappa shape index (κ1) is 19.4. The van der Waals surface area contributed by atoms with E-state index in [4.69, 9.17) is 10.00 Å². The predicted molar refractivity (Wildman–Crippen MR) is 123 cm³/mol. The maximum absolute atomic E-state index is 13.4. The molecule has 1 heterocycles. The van der Waals surface area contributed by atoms with Gasteiger partial charge in [-0.25, -0.2) is 0 Å². The van der Waals surface area contributed by atoms with Crippen LogP contribution in [0.4, 0.5) is 5.69 Å². The van der Waals surface area contributed by atoms with E-state index in [1.165, 1.54) is 0 Å². The second-order valence-electron chi connectivity index (χ2n) is 9.10. The van der Waals surface area contributed by atoms with E-state index in [-0.39, 0.29) is 23.8 Å². The van der Waals surface area contributed by atoms with Gasteiger partial charge in [-0.3, -0.25) is 4.79 Å². The van der Waals surface area contributed by atoms with Gasteiger partial charge >= 0.3 is 0 Å². The standard InChI is InChI=1S/C27H24N2O2/c1-27(2)15-21-19-12-11-17-7-3-4-8-18(17)25(19)29-26(24(21)22(30)16-27)20-9-5-6-10-23(20)31-14-13-28/h3-12,26,29H,14-16H2,1-2H3. The van der Waals surface area contributed by atoms with Crippen molar-refractivity contribution < 1.29 is 9.53 Å². The number of anilines is 1. The lowest BCUT2D eigenvalue weighted by Crippen LogP contribution is -2.33. The van der Waals surface area contributed by atoms with Crippen LogP contribution >= 0.6 is 0 Å². The van der Waals surface area contributed by atoms with E-state index in [2.05, 4.69) is 43.4 Å². The van der Waals surface area contributed by atoms with Crippen LogP contribution in [0.15, 0.2) is 66.2 Å². The number of hydrogen-bond donors (Lipinski definition) is 1. The van der Waals surface area contributed by atoms with Gasteiger partial charge in [0.05, 0.1) is 11.7 Å². The molecule has 154 valence electrons. The third kappa shape index (κ3) is 3.27. The zero-order valence-electron chi connectivity index (χ0n) is 17.7. The number of Topliss-reactive ketones (excluding diaryl/α,β-unsaturated/α-hetero) is 1. The Balaban J connectivity index is 1.76. The molecule has 3 aromatic carbocycles. The number of ketones is 1. The first-order chi connectivity index (χ1) is 15.0. The summed E-state index contributed by atoms with van der Waals surface area (Å²) in [6.07, 6.45) is 1.37. The normalized spacial score (nSPS) is 19.3. The number of nitriles is 1. The van der Waals surface area contributed by atoms with E-state index in [9.17, 15) is 4.79 Å². The van der Waals surface area contributed by atoms with Crippen LogP contribution < -0.4 is 10.1 Å². The van der Waals surface area contributed by atoms with Crippen molar-refractivity contribution in [3.63, 3.8) is 0 Å². The molecule has 0 bridgehead atoms. The highest BCUT2D eigenvalue weighted by Crippen LogP contribution is 2.52. The Kier molecular flexibility index (Phi) is 4.55. The van der Waals surface area contributed by atoms with Gasteiger partial charge in [0.1, 0.15) is 11.8 Å². The summed E-state index contributed by atoms with van der Waals surface area (Å²) in [7, 11) is 0. The molecule has 0 amide bonds. The Bertz CT molecular complexity index is 1280. The molecular weight excluding hydrogens is 384 g/mol. The number of benzene rings is 3. The van der Waals surface area contributed by atoms with E-state index in [0.29, 0.717) is 12.2 Å². The zero-order chi connectivity index (χ0) is 21.6. The summed E-state index contributed by atoms with van der Waals surface area (Å²) in [6, 6.07) is 22.0. The molecule has 3 aromatic rings. The number of fused-ring (bicyclic) bond motifs is 4. The number of carbonyl (C=O) groups is 1. The van der Waals surface area contributed by atoms with Crippen molar-refractivity contribution in [2.45, 2.75) is 32.7 Å². The molecule has 0 aromatic heterocycles. The van der Waals surface area contributed by atoms with Crippen LogP contribution in [0.3, 0.4) is 0 Å². The van der Waals surface area contributed by atoms with Gasteiger partial charge in [0.15, 0.2) is 12.4 Å². The topological polar surface area (TPSA) is 62.1 Å². The summed E-state index contributed by atoms with van der Waals surface area (Å²) in [5.74, 6) is 0.812. The molecule has 31 heavy (non-hydrogen) atoms. The largest absolute Gasteiger partial charge is 0.478 e. The Morgan fingerprint density at radius 3 is 2.68 bits per heavy atom. The lowest BCUT2D eigenvalue weighted by atomic mass is 9.68. The molecule has 5 rings (SSSR count). The fourth-order valence-corrected chi connectivity index (χ4v) is 5.00. The first-order valence-corrected chi connectivity index (χ1v) is 10.6. The summed E-state index contributed by atoms with van der Waals surface area (Å²) in [5.41, 5.74) is 4.93. The average Bonchev–Trinajstić information content (AvgIpc) is 2.76.